The van der Waals surface area contributed by atoms with Crippen LogP contribution in [-0.2, 0) is 16.1 Å². The Balaban J connectivity index is 1.59. The average molecular weight is 428 g/mol. The highest BCUT2D eigenvalue weighted by molar-refractivity contribution is 6.08. The second-order valence-electron chi connectivity index (χ2n) is 7.95. The fraction of sp³-hybridized carbons (Fsp3) is 0.192. The molecule has 1 atom stereocenters. The molecule has 0 radical (unpaired) electrons. The lowest BCUT2D eigenvalue weighted by Gasteiger charge is -2.22. The molecule has 0 saturated carbocycles. The quantitative estimate of drug-likeness (QED) is 0.591. The zero-order valence-corrected chi connectivity index (χ0v) is 18.1. The van der Waals surface area contributed by atoms with Gasteiger partial charge in [-0.2, -0.15) is 0 Å². The van der Waals surface area contributed by atoms with Crippen molar-refractivity contribution >= 4 is 23.5 Å². The number of benzene rings is 3. The summed E-state index contributed by atoms with van der Waals surface area (Å²) in [6.07, 6.45) is 0. The van der Waals surface area contributed by atoms with Crippen LogP contribution in [0.4, 0.5) is 10.5 Å². The minimum absolute atomic E-state index is 0.278. The second-order valence-corrected chi connectivity index (χ2v) is 7.95. The highest BCUT2D eigenvalue weighted by Crippen LogP contribution is 2.32. The van der Waals surface area contributed by atoms with E-state index in [2.05, 4.69) is 5.32 Å². The maximum atomic E-state index is 13.3. The Kier molecular flexibility index (Phi) is 6.03. The molecule has 32 heavy (non-hydrogen) atoms. The monoisotopic (exact) mass is 427 g/mol. The summed E-state index contributed by atoms with van der Waals surface area (Å²) in [4.78, 5) is 42.0. The standard InChI is InChI=1S/C26H25N3O3/c1-18-10-9-11-19(2)23(18)27-22(30)17-29-25(31)24(21-14-7-4-8-15-21)28(26(29)32)16-20-12-5-3-6-13-20/h3-15,24H,16-17H2,1-2H3,(H,27,30). The smallest absolute Gasteiger partial charge is 0.324 e. The van der Waals surface area contributed by atoms with E-state index in [0.717, 1.165) is 27.2 Å². The van der Waals surface area contributed by atoms with Crippen LogP contribution in [0.2, 0.25) is 0 Å². The molecule has 3 aromatic carbocycles. The molecule has 1 aliphatic heterocycles. The minimum atomic E-state index is -0.767. The summed E-state index contributed by atoms with van der Waals surface area (Å²) in [7, 11) is 0. The fourth-order valence-corrected chi connectivity index (χ4v) is 4.02. The lowest BCUT2D eigenvalue weighted by atomic mass is 10.1. The molecule has 0 aliphatic carbocycles. The second kappa shape index (κ2) is 9.06. The van der Waals surface area contributed by atoms with E-state index >= 15 is 0 Å². The average Bonchev–Trinajstić information content (AvgIpc) is 3.02. The summed E-state index contributed by atoms with van der Waals surface area (Å²) in [5, 5.41) is 2.86. The molecule has 1 saturated heterocycles. The summed E-state index contributed by atoms with van der Waals surface area (Å²) < 4.78 is 0. The molecule has 0 spiro atoms. The molecule has 0 aromatic heterocycles. The highest BCUT2D eigenvalue weighted by atomic mass is 16.2. The normalized spacial score (nSPS) is 15.9. The van der Waals surface area contributed by atoms with Gasteiger partial charge >= 0.3 is 6.03 Å². The van der Waals surface area contributed by atoms with Gasteiger partial charge in [0.2, 0.25) is 5.91 Å². The van der Waals surface area contributed by atoms with Gasteiger partial charge in [0, 0.05) is 12.2 Å². The summed E-state index contributed by atoms with van der Waals surface area (Å²) >= 11 is 0. The first kappa shape index (κ1) is 21.3. The number of nitrogens with one attached hydrogen (secondary N) is 1. The van der Waals surface area contributed by atoms with Crippen molar-refractivity contribution in [2.75, 3.05) is 11.9 Å². The number of nitrogens with zero attached hydrogens (tertiary/aromatic N) is 2. The van der Waals surface area contributed by atoms with E-state index in [1.54, 1.807) is 0 Å². The molecule has 4 amide bonds. The van der Waals surface area contributed by atoms with Gasteiger partial charge < -0.3 is 10.2 Å². The van der Waals surface area contributed by atoms with Gasteiger partial charge in [0.15, 0.2) is 0 Å². The Morgan fingerprint density at radius 1 is 0.844 bits per heavy atom. The van der Waals surface area contributed by atoms with Crippen LogP contribution in [0, 0.1) is 13.8 Å². The number of anilines is 1. The predicted octanol–water partition coefficient (Wildman–Crippen LogP) is 4.45. The maximum absolute atomic E-state index is 13.3. The zero-order valence-electron chi connectivity index (χ0n) is 18.1. The van der Waals surface area contributed by atoms with Crippen LogP contribution in [-0.4, -0.2) is 34.2 Å². The summed E-state index contributed by atoms with van der Waals surface area (Å²) in [6, 6.07) is 23.2. The van der Waals surface area contributed by atoms with Gasteiger partial charge in [-0.3, -0.25) is 14.5 Å². The number of aryl methyl sites for hydroxylation is 2. The Bertz CT molecular complexity index is 1130. The number of amides is 4. The van der Waals surface area contributed by atoms with Crippen LogP contribution in [0.15, 0.2) is 78.9 Å². The Hall–Kier alpha value is -3.93. The molecule has 162 valence electrons. The zero-order chi connectivity index (χ0) is 22.7. The van der Waals surface area contributed by atoms with E-state index in [4.69, 9.17) is 0 Å². The van der Waals surface area contributed by atoms with Crippen molar-refractivity contribution in [3.63, 3.8) is 0 Å². The Labute approximate surface area is 187 Å². The van der Waals surface area contributed by atoms with Gasteiger partial charge in [0.05, 0.1) is 0 Å². The van der Waals surface area contributed by atoms with Crippen molar-refractivity contribution in [2.24, 2.45) is 0 Å². The Morgan fingerprint density at radius 3 is 2.06 bits per heavy atom. The molecule has 6 heteroatoms. The van der Waals surface area contributed by atoms with Crippen LogP contribution >= 0.6 is 0 Å². The number of carbonyl (C=O) groups excluding carboxylic acids is 3. The maximum Gasteiger partial charge on any atom is 0.328 e. The van der Waals surface area contributed by atoms with Crippen molar-refractivity contribution in [3.05, 3.63) is 101 Å². The van der Waals surface area contributed by atoms with Crippen LogP contribution in [0.3, 0.4) is 0 Å². The topological polar surface area (TPSA) is 69.7 Å². The minimum Gasteiger partial charge on any atom is -0.324 e. The van der Waals surface area contributed by atoms with Gasteiger partial charge in [-0.05, 0) is 36.1 Å². The summed E-state index contributed by atoms with van der Waals surface area (Å²) in [5.74, 6) is -0.800. The molecule has 0 bridgehead atoms. The molecular weight excluding hydrogens is 402 g/mol. The molecule has 3 aromatic rings. The number of hydrogen-bond donors (Lipinski definition) is 1. The third-order valence-electron chi connectivity index (χ3n) is 5.65. The van der Waals surface area contributed by atoms with E-state index in [-0.39, 0.29) is 13.1 Å². The number of carbonyl (C=O) groups is 3. The third kappa shape index (κ3) is 4.25. The van der Waals surface area contributed by atoms with Gasteiger partial charge in [0.25, 0.3) is 5.91 Å². The molecule has 1 unspecified atom stereocenters. The molecule has 4 rings (SSSR count). The number of urea groups is 1. The first-order chi connectivity index (χ1) is 15.5. The van der Waals surface area contributed by atoms with Gasteiger partial charge in [-0.1, -0.05) is 78.9 Å². The van der Waals surface area contributed by atoms with Gasteiger partial charge in [-0.15, -0.1) is 0 Å². The molecule has 1 heterocycles. The fourth-order valence-electron chi connectivity index (χ4n) is 4.02. The first-order valence-electron chi connectivity index (χ1n) is 10.5. The van der Waals surface area contributed by atoms with E-state index in [9.17, 15) is 14.4 Å². The number of hydrogen-bond acceptors (Lipinski definition) is 3. The molecule has 1 fully saturated rings. The first-order valence-corrected chi connectivity index (χ1v) is 10.5. The van der Waals surface area contributed by atoms with Gasteiger partial charge in [0.1, 0.15) is 12.6 Å². The lowest BCUT2D eigenvalue weighted by molar-refractivity contribution is -0.131. The van der Waals surface area contributed by atoms with Crippen molar-refractivity contribution in [1.82, 2.24) is 9.80 Å². The molecule has 6 nitrogen and oxygen atoms in total. The van der Waals surface area contributed by atoms with Crippen molar-refractivity contribution < 1.29 is 14.4 Å². The largest absolute Gasteiger partial charge is 0.328 e. The van der Waals surface area contributed by atoms with Crippen LogP contribution in [0.5, 0.6) is 0 Å². The van der Waals surface area contributed by atoms with Crippen LogP contribution in [0.25, 0.3) is 0 Å². The lowest BCUT2D eigenvalue weighted by Crippen LogP contribution is -2.39. The molecule has 1 N–H and O–H groups in total. The molecular formula is C26H25N3O3. The Morgan fingerprint density at radius 2 is 1.44 bits per heavy atom. The number of para-hydroxylation sites is 1. The van der Waals surface area contributed by atoms with Crippen molar-refractivity contribution in [1.29, 1.82) is 0 Å². The predicted molar refractivity (Wildman–Crippen MR) is 123 cm³/mol. The van der Waals surface area contributed by atoms with Crippen LogP contribution < -0.4 is 5.32 Å². The number of rotatable bonds is 6. The van der Waals surface area contributed by atoms with E-state index < -0.39 is 23.9 Å². The van der Waals surface area contributed by atoms with Crippen molar-refractivity contribution in [3.8, 4) is 0 Å². The SMILES string of the molecule is Cc1cccc(C)c1NC(=O)CN1C(=O)C(c2ccccc2)N(Cc2ccccc2)C1=O. The summed E-state index contributed by atoms with van der Waals surface area (Å²) in [6.45, 7) is 3.75. The highest BCUT2D eigenvalue weighted by Gasteiger charge is 2.46. The molecule has 1 aliphatic rings. The van der Waals surface area contributed by atoms with Gasteiger partial charge in [-0.25, -0.2) is 4.79 Å². The number of imide groups is 1. The third-order valence-corrected chi connectivity index (χ3v) is 5.65. The van der Waals surface area contributed by atoms with E-state index in [0.29, 0.717) is 5.69 Å². The van der Waals surface area contributed by atoms with E-state index in [1.165, 1.54) is 4.90 Å². The van der Waals surface area contributed by atoms with Crippen molar-refractivity contribution in [2.45, 2.75) is 26.4 Å². The summed E-state index contributed by atoms with van der Waals surface area (Å²) in [5.41, 5.74) is 4.18. The van der Waals surface area contributed by atoms with E-state index in [1.807, 2.05) is 92.7 Å². The van der Waals surface area contributed by atoms with Crippen LogP contribution in [0.1, 0.15) is 28.3 Å².